The summed E-state index contributed by atoms with van der Waals surface area (Å²) in [6, 6.07) is 3.66. The van der Waals surface area contributed by atoms with E-state index in [1.807, 2.05) is 13.8 Å². The average molecular weight is 221 g/mol. The quantitative estimate of drug-likeness (QED) is 0.818. The lowest BCUT2D eigenvalue weighted by Gasteiger charge is -2.18. The minimum absolute atomic E-state index is 0.0861. The van der Waals surface area contributed by atoms with Crippen molar-refractivity contribution in [2.45, 2.75) is 46.6 Å². The Kier molecular flexibility index (Phi) is 4.36. The monoisotopic (exact) mass is 221 g/mol. The molecule has 2 nitrogen and oxygen atoms in total. The van der Waals surface area contributed by atoms with Crippen LogP contribution in [-0.2, 0) is 0 Å². The molecule has 2 heteroatoms. The fourth-order valence-corrected chi connectivity index (χ4v) is 2.19. The molecule has 0 unspecified atom stereocenters. The first kappa shape index (κ1) is 13.0. The van der Waals surface area contributed by atoms with E-state index in [0.717, 1.165) is 24.0 Å². The van der Waals surface area contributed by atoms with Crippen molar-refractivity contribution in [2.75, 3.05) is 0 Å². The van der Waals surface area contributed by atoms with Crippen molar-refractivity contribution in [3.8, 4) is 5.75 Å². The Bertz CT molecular complexity index is 335. The molecule has 0 saturated heterocycles. The molecule has 1 aromatic rings. The van der Waals surface area contributed by atoms with Gasteiger partial charge in [-0.3, -0.25) is 0 Å². The summed E-state index contributed by atoms with van der Waals surface area (Å²) in [6.45, 7) is 8.45. The smallest absolute Gasteiger partial charge is 0.116 e. The van der Waals surface area contributed by atoms with Gasteiger partial charge in [-0.1, -0.05) is 13.8 Å². The van der Waals surface area contributed by atoms with Crippen LogP contribution in [0, 0.1) is 19.8 Å². The van der Waals surface area contributed by atoms with Crippen LogP contribution in [0.1, 0.15) is 49.4 Å². The zero-order chi connectivity index (χ0) is 12.3. The van der Waals surface area contributed by atoms with Crippen LogP contribution < -0.4 is 5.73 Å². The van der Waals surface area contributed by atoms with Gasteiger partial charge in [0.25, 0.3) is 0 Å². The molecule has 0 radical (unpaired) electrons. The van der Waals surface area contributed by atoms with Crippen LogP contribution in [0.15, 0.2) is 12.1 Å². The van der Waals surface area contributed by atoms with Crippen molar-refractivity contribution in [2.24, 2.45) is 11.7 Å². The van der Waals surface area contributed by atoms with Gasteiger partial charge in [0, 0.05) is 6.04 Å². The van der Waals surface area contributed by atoms with Crippen molar-refractivity contribution in [1.82, 2.24) is 0 Å². The molecule has 0 aliphatic heterocycles. The van der Waals surface area contributed by atoms with Crippen LogP contribution in [0.5, 0.6) is 5.75 Å². The van der Waals surface area contributed by atoms with Crippen LogP contribution in [0.2, 0.25) is 0 Å². The number of aromatic hydroxyl groups is 1. The molecular weight excluding hydrogens is 198 g/mol. The highest BCUT2D eigenvalue weighted by atomic mass is 16.3. The van der Waals surface area contributed by atoms with E-state index in [1.54, 1.807) is 12.1 Å². The number of phenolic OH excluding ortho intramolecular Hbond substituents is 1. The van der Waals surface area contributed by atoms with Gasteiger partial charge < -0.3 is 10.8 Å². The van der Waals surface area contributed by atoms with Crippen molar-refractivity contribution in [1.29, 1.82) is 0 Å². The Morgan fingerprint density at radius 1 is 1.12 bits per heavy atom. The fourth-order valence-electron chi connectivity index (χ4n) is 2.19. The first-order valence-electron chi connectivity index (χ1n) is 5.97. The number of hydrogen-bond acceptors (Lipinski definition) is 2. The van der Waals surface area contributed by atoms with E-state index in [-0.39, 0.29) is 6.04 Å². The third kappa shape index (κ3) is 3.24. The second-order valence-corrected chi connectivity index (χ2v) is 5.07. The van der Waals surface area contributed by atoms with E-state index >= 15 is 0 Å². The second kappa shape index (κ2) is 5.35. The Labute approximate surface area is 98.5 Å². The maximum absolute atomic E-state index is 9.48. The molecule has 16 heavy (non-hydrogen) atoms. The van der Waals surface area contributed by atoms with Gasteiger partial charge in [0.15, 0.2) is 0 Å². The predicted octanol–water partition coefficient (Wildman–Crippen LogP) is 3.45. The number of aryl methyl sites for hydroxylation is 2. The molecule has 0 amide bonds. The lowest BCUT2D eigenvalue weighted by molar-refractivity contribution is 0.472. The third-order valence-corrected chi connectivity index (χ3v) is 3.00. The molecule has 90 valence electrons. The van der Waals surface area contributed by atoms with E-state index in [9.17, 15) is 5.11 Å². The Morgan fingerprint density at radius 3 is 2.06 bits per heavy atom. The first-order chi connectivity index (χ1) is 7.41. The first-order valence-corrected chi connectivity index (χ1v) is 5.97. The number of phenols is 1. The SMILES string of the molecule is Cc1cc(O)cc(C)c1[C@H](N)CCC(C)C. The van der Waals surface area contributed by atoms with Gasteiger partial charge in [-0.2, -0.15) is 0 Å². The molecule has 0 aliphatic rings. The number of benzene rings is 1. The van der Waals surface area contributed by atoms with Crippen molar-refractivity contribution >= 4 is 0 Å². The number of rotatable bonds is 4. The summed E-state index contributed by atoms with van der Waals surface area (Å²) in [4.78, 5) is 0. The molecule has 0 bridgehead atoms. The minimum Gasteiger partial charge on any atom is -0.508 e. The fraction of sp³-hybridized carbons (Fsp3) is 0.571. The minimum atomic E-state index is 0.0861. The lowest BCUT2D eigenvalue weighted by Crippen LogP contribution is -2.14. The molecule has 0 aliphatic carbocycles. The Hall–Kier alpha value is -1.02. The number of nitrogens with two attached hydrogens (primary N) is 1. The standard InChI is InChI=1S/C14H23NO/c1-9(2)5-6-13(15)14-10(3)7-12(16)8-11(14)4/h7-9,13,16H,5-6,15H2,1-4H3/t13-/m1/s1. The molecule has 0 spiro atoms. The van der Waals surface area contributed by atoms with E-state index in [1.165, 1.54) is 5.56 Å². The molecule has 3 N–H and O–H groups in total. The summed E-state index contributed by atoms with van der Waals surface area (Å²) >= 11 is 0. The summed E-state index contributed by atoms with van der Waals surface area (Å²) < 4.78 is 0. The predicted molar refractivity (Wildman–Crippen MR) is 68.6 cm³/mol. The van der Waals surface area contributed by atoms with E-state index < -0.39 is 0 Å². The van der Waals surface area contributed by atoms with Gasteiger partial charge in [-0.25, -0.2) is 0 Å². The Balaban J connectivity index is 2.86. The van der Waals surface area contributed by atoms with Gasteiger partial charge in [-0.05, 0) is 61.4 Å². The van der Waals surface area contributed by atoms with Crippen LogP contribution in [0.4, 0.5) is 0 Å². The van der Waals surface area contributed by atoms with Gasteiger partial charge in [0.2, 0.25) is 0 Å². The molecule has 0 fully saturated rings. The topological polar surface area (TPSA) is 46.2 Å². The summed E-state index contributed by atoms with van der Waals surface area (Å²) in [5.74, 6) is 1.01. The molecule has 0 heterocycles. The maximum atomic E-state index is 9.48. The van der Waals surface area contributed by atoms with Gasteiger partial charge in [0.1, 0.15) is 5.75 Å². The molecule has 1 aromatic carbocycles. The number of hydrogen-bond donors (Lipinski definition) is 2. The largest absolute Gasteiger partial charge is 0.508 e. The second-order valence-electron chi connectivity index (χ2n) is 5.07. The Morgan fingerprint density at radius 2 is 1.62 bits per heavy atom. The van der Waals surface area contributed by atoms with Gasteiger partial charge >= 0.3 is 0 Å². The molecule has 0 aromatic heterocycles. The molecule has 0 saturated carbocycles. The summed E-state index contributed by atoms with van der Waals surface area (Å²) in [7, 11) is 0. The summed E-state index contributed by atoms with van der Waals surface area (Å²) in [6.07, 6.45) is 2.14. The molecular formula is C14H23NO. The summed E-state index contributed by atoms with van der Waals surface area (Å²) in [5, 5.41) is 9.48. The van der Waals surface area contributed by atoms with Crippen LogP contribution in [0.3, 0.4) is 0 Å². The molecule has 1 rings (SSSR count). The highest BCUT2D eigenvalue weighted by Crippen LogP contribution is 2.28. The normalized spacial score (nSPS) is 13.1. The molecule has 1 atom stereocenters. The average Bonchev–Trinajstić information content (AvgIpc) is 2.12. The van der Waals surface area contributed by atoms with Gasteiger partial charge in [-0.15, -0.1) is 0 Å². The van der Waals surface area contributed by atoms with Crippen LogP contribution >= 0.6 is 0 Å². The van der Waals surface area contributed by atoms with E-state index in [0.29, 0.717) is 11.7 Å². The van der Waals surface area contributed by atoms with Crippen LogP contribution in [-0.4, -0.2) is 5.11 Å². The highest BCUT2D eigenvalue weighted by Gasteiger charge is 2.13. The highest BCUT2D eigenvalue weighted by molar-refractivity contribution is 5.42. The van der Waals surface area contributed by atoms with Crippen molar-refractivity contribution < 1.29 is 5.11 Å². The maximum Gasteiger partial charge on any atom is 0.116 e. The van der Waals surface area contributed by atoms with Crippen molar-refractivity contribution in [3.63, 3.8) is 0 Å². The summed E-state index contributed by atoms with van der Waals surface area (Å²) in [5.41, 5.74) is 9.59. The third-order valence-electron chi connectivity index (χ3n) is 3.00. The van der Waals surface area contributed by atoms with Gasteiger partial charge in [0.05, 0.1) is 0 Å². The van der Waals surface area contributed by atoms with E-state index in [4.69, 9.17) is 5.73 Å². The lowest BCUT2D eigenvalue weighted by atomic mass is 9.92. The van der Waals surface area contributed by atoms with E-state index in [2.05, 4.69) is 13.8 Å². The van der Waals surface area contributed by atoms with Crippen LogP contribution in [0.25, 0.3) is 0 Å². The zero-order valence-electron chi connectivity index (χ0n) is 10.7. The van der Waals surface area contributed by atoms with Crippen molar-refractivity contribution in [3.05, 3.63) is 28.8 Å². The zero-order valence-corrected chi connectivity index (χ0v) is 10.7.